The number of methoxy groups -OCH3 is 6. The Morgan fingerprint density at radius 1 is 0.432 bits per heavy atom. The molecule has 139 heavy (non-hydrogen) atoms. The van der Waals surface area contributed by atoms with E-state index >= 15 is 4.39 Å². The van der Waals surface area contributed by atoms with Crippen LogP contribution in [0.1, 0.15) is 215 Å². The zero-order chi connectivity index (χ0) is 100. The van der Waals surface area contributed by atoms with E-state index in [9.17, 15) is 80.1 Å². The quantitative estimate of drug-likeness (QED) is 0.0200. The Hall–Kier alpha value is -12.4. The number of aryl methyl sites for hydroxylation is 2. The van der Waals surface area contributed by atoms with E-state index in [-0.39, 0.29) is 125 Å². The normalized spacial score (nSPS) is 22.2. The molecule has 4 aliphatic carbocycles. The van der Waals surface area contributed by atoms with Gasteiger partial charge in [-0.25, -0.2) is 45.3 Å². The summed E-state index contributed by atoms with van der Waals surface area (Å²) < 4.78 is 147. The number of benzene rings is 5. The molecule has 0 bridgehead atoms. The van der Waals surface area contributed by atoms with Crippen molar-refractivity contribution in [3.63, 3.8) is 0 Å². The van der Waals surface area contributed by atoms with Crippen molar-refractivity contribution in [2.45, 2.75) is 211 Å². The minimum absolute atomic E-state index is 0.0120. The average molecular weight is 1990 g/mol. The van der Waals surface area contributed by atoms with Crippen LogP contribution in [-0.4, -0.2) is 218 Å². The molecule has 6 fully saturated rings. The van der Waals surface area contributed by atoms with Crippen LogP contribution in [0.15, 0.2) is 78.9 Å². The van der Waals surface area contributed by atoms with Crippen LogP contribution in [0.4, 0.5) is 26.3 Å². The van der Waals surface area contributed by atoms with Crippen molar-refractivity contribution >= 4 is 82.6 Å². The molecule has 4 aliphatic heterocycles. The summed E-state index contributed by atoms with van der Waals surface area (Å²) in [5.74, 6) is -8.21. The molecule has 5 aromatic carbocycles. The Morgan fingerprint density at radius 2 is 0.820 bits per heavy atom. The van der Waals surface area contributed by atoms with Crippen molar-refractivity contribution in [1.29, 1.82) is 0 Å². The van der Waals surface area contributed by atoms with Crippen molar-refractivity contribution in [1.82, 2.24) is 49.6 Å². The van der Waals surface area contributed by atoms with E-state index in [0.29, 0.717) is 187 Å². The number of halogens is 8. The summed E-state index contributed by atoms with van der Waals surface area (Å²) in [5.41, 5.74) is -1.57. The average Bonchev–Trinajstić information content (AvgIpc) is 1.35. The third kappa shape index (κ3) is 24.6. The minimum atomic E-state index is -2.83. The van der Waals surface area contributed by atoms with Crippen LogP contribution in [0.2, 0.25) is 10.0 Å². The highest BCUT2D eigenvalue weighted by molar-refractivity contribution is 6.32. The molecule has 0 unspecified atom stereocenters. The van der Waals surface area contributed by atoms with E-state index in [1.165, 1.54) is 47.4 Å². The number of amides is 4. The van der Waals surface area contributed by atoms with Crippen LogP contribution in [0.5, 0.6) is 46.0 Å². The maximum Gasteiger partial charge on any atom is 0.345 e. The molecule has 754 valence electrons. The maximum absolute atomic E-state index is 15.8. The molecule has 0 radical (unpaired) electrons. The lowest BCUT2D eigenvalue weighted by atomic mass is 9.75. The van der Waals surface area contributed by atoms with Crippen molar-refractivity contribution in [2.75, 3.05) is 81.9 Å². The molecule has 0 spiro atoms. The van der Waals surface area contributed by atoms with Gasteiger partial charge in [-0.2, -0.15) is 0 Å². The van der Waals surface area contributed by atoms with E-state index in [0.717, 1.165) is 40.6 Å². The van der Waals surface area contributed by atoms with Gasteiger partial charge < -0.3 is 87.0 Å². The standard InChI is InChI=1S/C36H42ClF2N5O7.C27H31ClF3N5O5.C17H21FO6.C17H22O6/c1-42-33(34(38)39)27(40-41-42)20-50-29-13-12-26(37)25-14-16-44(28(32(25)29)18-43-15-6-9-31(43)45)35(46)23-7-4-5-8-24(23)36(47)51-19-21-10-11-22(48-2)17-30(21)49-3;1-34-23(24(29)30)18(32-33-34)14-41-20-8-7-17(28)15-9-12-36(19(22(15)20)13-35-11-4-6-21(35)37)25(38)16-5-2-3-10-27(16,31)26(39)40;1-22-12-7-6-11(14(9-12)23-2)10-24-16(21)17(18)8-4-3-5-13(17)15(19)20;1-21-12-8-7-11(15(9-12)22-2)10-23-17(20)14-6-4-3-5-13(14)16(18)19/h10-13,17,23-24,28,34H,4-9,14-16,18-20H2,1-3H3;7-8,16,19,24H,2-6,9-14H2,1H3,(H,39,40);6-7,9,13H,3-5,8,10H2,1-2H3,(H,19,20);7-9,13-14H,3-6,10H2,1-2H3,(H,18,19)/t23-,24+,28-;16-,19+,27+;13-,17+;13-,14+/m1001/s1. The first-order chi connectivity index (χ1) is 66.6. The number of aliphatic carboxylic acids is 3. The van der Waals surface area contributed by atoms with Gasteiger partial charge >= 0.3 is 35.8 Å². The second-order valence-electron chi connectivity index (χ2n) is 35.2. The molecule has 8 aliphatic rings. The summed E-state index contributed by atoms with van der Waals surface area (Å²) in [6, 6.07) is 20.4. The molecule has 15 rings (SSSR count). The van der Waals surface area contributed by atoms with E-state index in [1.807, 2.05) is 0 Å². The van der Waals surface area contributed by atoms with Crippen LogP contribution in [-0.2, 0) is 122 Å². The molecule has 7 aromatic rings. The number of likely N-dealkylation sites (tertiary alicyclic amines) is 2. The number of fused-ring (bicyclic) bond motifs is 2. The third-order valence-electron chi connectivity index (χ3n) is 27.2. The monoisotopic (exact) mass is 1990 g/mol. The fourth-order valence-corrected chi connectivity index (χ4v) is 20.2. The van der Waals surface area contributed by atoms with Crippen molar-refractivity contribution in [2.24, 2.45) is 49.6 Å². The highest BCUT2D eigenvalue weighted by Gasteiger charge is 2.56. The summed E-state index contributed by atoms with van der Waals surface area (Å²) in [7, 11) is 11.9. The largest absolute Gasteiger partial charge is 0.497 e. The fraction of sp³-hybridized carbons (Fsp3) is 0.546. The van der Waals surface area contributed by atoms with Crippen molar-refractivity contribution in [3.8, 4) is 46.0 Å². The topological polar surface area (TPSA) is 407 Å². The zero-order valence-electron chi connectivity index (χ0n) is 78.5. The van der Waals surface area contributed by atoms with E-state index in [2.05, 4.69) is 20.6 Å². The number of alkyl halides is 6. The van der Waals surface area contributed by atoms with E-state index in [1.54, 1.807) is 108 Å². The Balaban J connectivity index is 0.000000175. The van der Waals surface area contributed by atoms with Gasteiger partial charge in [0.25, 0.3) is 12.9 Å². The molecular weight excluding hydrogens is 1870 g/mol. The summed E-state index contributed by atoms with van der Waals surface area (Å²) >= 11 is 13.3. The number of aromatic nitrogens is 6. The fourth-order valence-electron chi connectivity index (χ4n) is 19.7. The lowest BCUT2D eigenvalue weighted by Gasteiger charge is -2.44. The molecule has 42 heteroatoms. The Kier molecular flexibility index (Phi) is 36.4. The number of hydrogen-bond acceptors (Lipinski definition) is 25. The molecular formula is C97H116Cl2F6N10O24. The molecule has 4 amide bonds. The summed E-state index contributed by atoms with van der Waals surface area (Å²) in [6.07, 6.45) is 4.22. The van der Waals surface area contributed by atoms with Crippen LogP contribution in [0, 0.1) is 35.5 Å². The van der Waals surface area contributed by atoms with E-state index < -0.39 is 119 Å². The number of nitrogens with zero attached hydrogens (tertiary/aromatic N) is 10. The lowest BCUT2D eigenvalue weighted by Crippen LogP contribution is -2.55. The van der Waals surface area contributed by atoms with Gasteiger partial charge in [-0.1, -0.05) is 72.2 Å². The SMILES string of the molecule is COc1ccc(COC(=O)[C@@]2(F)CCCC[C@H]2C(=O)O)c(OC)c1.COc1ccc(COC(=O)[C@H]2CCCC[C@H]2C(=O)N2CCc3c(Cl)ccc(OCc4nnn(C)c4C(F)F)c3[C@H]2CN2CCCC2=O)c(OC)c1.COc1ccc(COC(=O)[C@H]2CCCC[C@H]2C(=O)O)c(OC)c1.Cn1nnc(COc2ccc(Cl)c3c2[C@@H](CN2CCCC2=O)N(C(=O)[C@@H]2CCCC[C@]2(F)C(=O)O)CC3)c1C(F)F. The van der Waals surface area contributed by atoms with Gasteiger partial charge in [-0.3, -0.25) is 38.4 Å². The number of hydrogen-bond donors (Lipinski definition) is 3. The highest BCUT2D eigenvalue weighted by atomic mass is 35.5. The third-order valence-corrected chi connectivity index (χ3v) is 27.9. The van der Waals surface area contributed by atoms with Crippen LogP contribution in [0.3, 0.4) is 0 Å². The Morgan fingerprint density at radius 3 is 1.21 bits per heavy atom. The summed E-state index contributed by atoms with van der Waals surface area (Å²) in [4.78, 5) is 133. The number of carbonyl (C=O) groups is 10. The molecule has 10 atom stereocenters. The van der Waals surface area contributed by atoms with Gasteiger partial charge in [0.2, 0.25) is 35.0 Å². The zero-order valence-corrected chi connectivity index (χ0v) is 80.0. The highest BCUT2D eigenvalue weighted by Crippen LogP contribution is 2.49. The Bertz CT molecular complexity index is 5580. The predicted molar refractivity (Wildman–Crippen MR) is 485 cm³/mol. The van der Waals surface area contributed by atoms with Gasteiger partial charge in [0, 0.05) is 122 Å². The molecule has 2 saturated heterocycles. The summed E-state index contributed by atoms with van der Waals surface area (Å²) in [5, 5.41) is 44.1. The maximum atomic E-state index is 15.8. The molecule has 6 heterocycles. The number of rotatable bonds is 32. The van der Waals surface area contributed by atoms with Gasteiger partial charge in [0.05, 0.1) is 84.3 Å². The van der Waals surface area contributed by atoms with Crippen LogP contribution >= 0.6 is 23.2 Å². The second-order valence-corrected chi connectivity index (χ2v) is 36.1. The second kappa shape index (κ2) is 48.0. The number of ether oxygens (including phenoxy) is 11. The molecule has 34 nitrogen and oxygen atoms in total. The molecule has 3 N–H and O–H groups in total. The Labute approximate surface area is 808 Å². The predicted octanol–water partition coefficient (Wildman–Crippen LogP) is 15.0. The van der Waals surface area contributed by atoms with Gasteiger partial charge in [0.1, 0.15) is 108 Å². The first kappa shape index (κ1) is 106. The summed E-state index contributed by atoms with van der Waals surface area (Å²) in [6.45, 7) is 0.885. The van der Waals surface area contributed by atoms with Gasteiger partial charge in [0.15, 0.2) is 0 Å². The number of carboxylic acid groups (broad SMARTS) is 3. The lowest BCUT2D eigenvalue weighted by molar-refractivity contribution is -0.174. The molecule has 2 aromatic heterocycles. The van der Waals surface area contributed by atoms with Crippen molar-refractivity contribution < 1.29 is 142 Å². The minimum Gasteiger partial charge on any atom is -0.497 e. The number of esters is 3. The van der Waals surface area contributed by atoms with Gasteiger partial charge in [-0.05, 0) is 162 Å². The first-order valence-corrected chi connectivity index (χ1v) is 47.0. The van der Waals surface area contributed by atoms with Crippen LogP contribution < -0.4 is 37.9 Å². The van der Waals surface area contributed by atoms with Crippen molar-refractivity contribution in [3.05, 3.63) is 151 Å². The smallest absolute Gasteiger partial charge is 0.345 e. The molecule has 4 saturated carbocycles. The van der Waals surface area contributed by atoms with Crippen LogP contribution in [0.25, 0.3) is 0 Å². The van der Waals surface area contributed by atoms with Gasteiger partial charge in [-0.15, -0.1) is 10.2 Å². The first-order valence-electron chi connectivity index (χ1n) is 46.2. The number of carboxylic acids is 3. The number of carbonyl (C=O) groups excluding carboxylic acids is 7. The van der Waals surface area contributed by atoms with E-state index in [4.69, 9.17) is 80.4 Å².